The summed E-state index contributed by atoms with van der Waals surface area (Å²) in [4.78, 5) is 0. The van der Waals surface area contributed by atoms with Gasteiger partial charge in [0, 0.05) is 12.2 Å². The lowest BCUT2D eigenvalue weighted by molar-refractivity contribution is -0.0287. The molecule has 0 fully saturated rings. The Kier molecular flexibility index (Phi) is 5.83. The SMILES string of the molecule is CCOc1ccccc1C(N)C(OCC)C(C)(C)C. The summed E-state index contributed by atoms with van der Waals surface area (Å²) in [6.45, 7) is 11.7. The molecule has 0 saturated heterocycles. The second-order valence-corrected chi connectivity index (χ2v) is 5.74. The zero-order chi connectivity index (χ0) is 14.5. The Balaban J connectivity index is 3.05. The highest BCUT2D eigenvalue weighted by molar-refractivity contribution is 5.36. The minimum atomic E-state index is -0.192. The molecule has 0 amide bonds. The lowest BCUT2D eigenvalue weighted by Crippen LogP contribution is -2.39. The molecule has 19 heavy (non-hydrogen) atoms. The van der Waals surface area contributed by atoms with Crippen LogP contribution in [-0.2, 0) is 4.74 Å². The third-order valence-electron chi connectivity index (χ3n) is 3.10. The lowest BCUT2D eigenvalue weighted by atomic mass is 9.82. The topological polar surface area (TPSA) is 44.5 Å². The number of rotatable bonds is 6. The van der Waals surface area contributed by atoms with Crippen LogP contribution in [0.4, 0.5) is 0 Å². The van der Waals surface area contributed by atoms with Gasteiger partial charge in [0.25, 0.3) is 0 Å². The molecule has 108 valence electrons. The Hall–Kier alpha value is -1.06. The van der Waals surface area contributed by atoms with Gasteiger partial charge in [-0.1, -0.05) is 39.0 Å². The molecule has 1 rings (SSSR count). The van der Waals surface area contributed by atoms with E-state index >= 15 is 0 Å². The maximum absolute atomic E-state index is 6.44. The van der Waals surface area contributed by atoms with Gasteiger partial charge in [-0.25, -0.2) is 0 Å². The van der Waals surface area contributed by atoms with Crippen LogP contribution in [0.1, 0.15) is 46.2 Å². The summed E-state index contributed by atoms with van der Waals surface area (Å²) in [6, 6.07) is 7.75. The van der Waals surface area contributed by atoms with Crippen molar-refractivity contribution < 1.29 is 9.47 Å². The van der Waals surface area contributed by atoms with Crippen LogP contribution in [0.3, 0.4) is 0 Å². The van der Waals surface area contributed by atoms with Crippen LogP contribution in [0.15, 0.2) is 24.3 Å². The lowest BCUT2D eigenvalue weighted by Gasteiger charge is -2.35. The number of nitrogens with two attached hydrogens (primary N) is 1. The molecule has 1 aromatic carbocycles. The van der Waals surface area contributed by atoms with Crippen LogP contribution in [-0.4, -0.2) is 19.3 Å². The van der Waals surface area contributed by atoms with E-state index in [9.17, 15) is 0 Å². The van der Waals surface area contributed by atoms with E-state index in [1.807, 2.05) is 38.1 Å². The molecular weight excluding hydrogens is 238 g/mol. The van der Waals surface area contributed by atoms with E-state index in [-0.39, 0.29) is 17.6 Å². The van der Waals surface area contributed by atoms with Gasteiger partial charge in [0.15, 0.2) is 0 Å². The summed E-state index contributed by atoms with van der Waals surface area (Å²) in [5.74, 6) is 0.853. The molecule has 0 aliphatic rings. The van der Waals surface area contributed by atoms with E-state index in [1.54, 1.807) is 0 Å². The van der Waals surface area contributed by atoms with E-state index < -0.39 is 0 Å². The van der Waals surface area contributed by atoms with E-state index in [2.05, 4.69) is 20.8 Å². The molecule has 0 radical (unpaired) electrons. The van der Waals surface area contributed by atoms with Crippen molar-refractivity contribution in [3.05, 3.63) is 29.8 Å². The third kappa shape index (κ3) is 4.22. The van der Waals surface area contributed by atoms with Gasteiger partial charge < -0.3 is 15.2 Å². The zero-order valence-corrected chi connectivity index (χ0v) is 12.8. The smallest absolute Gasteiger partial charge is 0.124 e. The molecule has 2 N–H and O–H groups in total. The number of ether oxygens (including phenoxy) is 2. The molecule has 0 saturated carbocycles. The summed E-state index contributed by atoms with van der Waals surface area (Å²) in [5.41, 5.74) is 7.43. The number of para-hydroxylation sites is 1. The Labute approximate surface area is 117 Å². The van der Waals surface area contributed by atoms with Gasteiger partial charge >= 0.3 is 0 Å². The van der Waals surface area contributed by atoms with Gasteiger partial charge in [-0.15, -0.1) is 0 Å². The number of benzene rings is 1. The molecule has 3 heteroatoms. The molecule has 1 aromatic rings. The van der Waals surface area contributed by atoms with Crippen molar-refractivity contribution in [2.45, 2.75) is 46.8 Å². The normalized spacial score (nSPS) is 15.1. The van der Waals surface area contributed by atoms with Crippen molar-refractivity contribution in [3.63, 3.8) is 0 Å². The van der Waals surface area contributed by atoms with Gasteiger partial charge in [0.2, 0.25) is 0 Å². The molecule has 0 heterocycles. The Morgan fingerprint density at radius 2 is 1.74 bits per heavy atom. The van der Waals surface area contributed by atoms with Gasteiger partial charge in [-0.3, -0.25) is 0 Å². The first-order chi connectivity index (χ1) is 8.91. The predicted octanol–water partition coefficient (Wildman–Crippen LogP) is 3.54. The molecule has 0 spiro atoms. The van der Waals surface area contributed by atoms with Crippen LogP contribution in [0.2, 0.25) is 0 Å². The van der Waals surface area contributed by atoms with Crippen molar-refractivity contribution >= 4 is 0 Å². The average molecular weight is 265 g/mol. The highest BCUT2D eigenvalue weighted by atomic mass is 16.5. The highest BCUT2D eigenvalue weighted by Crippen LogP contribution is 2.35. The van der Waals surface area contributed by atoms with Gasteiger partial charge in [0.05, 0.1) is 18.8 Å². The van der Waals surface area contributed by atoms with Crippen molar-refractivity contribution in [2.24, 2.45) is 11.1 Å². The minimum Gasteiger partial charge on any atom is -0.494 e. The first kappa shape index (κ1) is 16.0. The second-order valence-electron chi connectivity index (χ2n) is 5.74. The first-order valence-corrected chi connectivity index (χ1v) is 7.00. The summed E-state index contributed by atoms with van der Waals surface area (Å²) >= 11 is 0. The van der Waals surface area contributed by atoms with Crippen LogP contribution < -0.4 is 10.5 Å². The molecule has 2 atom stereocenters. The van der Waals surface area contributed by atoms with Crippen molar-refractivity contribution in [1.29, 1.82) is 0 Å². The third-order valence-corrected chi connectivity index (χ3v) is 3.10. The number of hydrogen-bond donors (Lipinski definition) is 1. The van der Waals surface area contributed by atoms with E-state index in [1.165, 1.54) is 0 Å². The van der Waals surface area contributed by atoms with Crippen molar-refractivity contribution in [2.75, 3.05) is 13.2 Å². The fraction of sp³-hybridized carbons (Fsp3) is 0.625. The Morgan fingerprint density at radius 1 is 1.11 bits per heavy atom. The second kappa shape index (κ2) is 6.92. The Morgan fingerprint density at radius 3 is 2.26 bits per heavy atom. The standard InChI is InChI=1S/C16H27NO2/c1-6-18-13-11-9-8-10-12(13)14(17)15(19-7-2)16(3,4)5/h8-11,14-15H,6-7,17H2,1-5H3. The van der Waals surface area contributed by atoms with Crippen LogP contribution in [0.5, 0.6) is 5.75 Å². The zero-order valence-electron chi connectivity index (χ0n) is 12.8. The van der Waals surface area contributed by atoms with Gasteiger partial charge in [0.1, 0.15) is 5.75 Å². The van der Waals surface area contributed by atoms with Gasteiger partial charge in [-0.2, -0.15) is 0 Å². The number of hydrogen-bond acceptors (Lipinski definition) is 3. The van der Waals surface area contributed by atoms with Crippen LogP contribution >= 0.6 is 0 Å². The quantitative estimate of drug-likeness (QED) is 0.855. The average Bonchev–Trinajstić information content (AvgIpc) is 2.35. The van der Waals surface area contributed by atoms with E-state index in [0.29, 0.717) is 13.2 Å². The molecule has 0 aliphatic carbocycles. The van der Waals surface area contributed by atoms with Crippen molar-refractivity contribution in [3.8, 4) is 5.75 Å². The molecule has 0 aromatic heterocycles. The largest absolute Gasteiger partial charge is 0.494 e. The molecular formula is C16H27NO2. The fourth-order valence-corrected chi connectivity index (χ4v) is 2.28. The molecule has 0 aliphatic heterocycles. The van der Waals surface area contributed by atoms with E-state index in [0.717, 1.165) is 11.3 Å². The van der Waals surface area contributed by atoms with Crippen LogP contribution in [0.25, 0.3) is 0 Å². The fourth-order valence-electron chi connectivity index (χ4n) is 2.28. The summed E-state index contributed by atoms with van der Waals surface area (Å²) < 4.78 is 11.5. The summed E-state index contributed by atoms with van der Waals surface area (Å²) in [7, 11) is 0. The molecule has 3 nitrogen and oxygen atoms in total. The maximum Gasteiger partial charge on any atom is 0.124 e. The highest BCUT2D eigenvalue weighted by Gasteiger charge is 2.33. The van der Waals surface area contributed by atoms with Crippen LogP contribution in [0, 0.1) is 5.41 Å². The summed E-state index contributed by atoms with van der Waals surface area (Å²) in [5, 5.41) is 0. The minimum absolute atomic E-state index is 0.0191. The molecule has 2 unspecified atom stereocenters. The van der Waals surface area contributed by atoms with Crippen molar-refractivity contribution in [1.82, 2.24) is 0 Å². The predicted molar refractivity (Wildman–Crippen MR) is 79.4 cm³/mol. The first-order valence-electron chi connectivity index (χ1n) is 7.00. The molecule has 0 bridgehead atoms. The summed E-state index contributed by atoms with van der Waals surface area (Å²) in [6.07, 6.45) is -0.0425. The van der Waals surface area contributed by atoms with E-state index in [4.69, 9.17) is 15.2 Å². The monoisotopic (exact) mass is 265 g/mol. The van der Waals surface area contributed by atoms with Gasteiger partial charge in [-0.05, 0) is 25.3 Å². The Bertz CT molecular complexity index is 385. The maximum atomic E-state index is 6.44.